The van der Waals surface area contributed by atoms with Crippen molar-refractivity contribution in [3.05, 3.63) is 45.9 Å². The van der Waals surface area contributed by atoms with E-state index in [-0.39, 0.29) is 18.0 Å². The summed E-state index contributed by atoms with van der Waals surface area (Å²) in [6.45, 7) is 11.0. The number of anilines is 1. The van der Waals surface area contributed by atoms with Crippen molar-refractivity contribution >= 4 is 29.0 Å². The Morgan fingerprint density at radius 1 is 1.12 bits per heavy atom. The Morgan fingerprint density at radius 3 is 2.35 bits per heavy atom. The number of ether oxygens (including phenoxy) is 2. The Hall–Kier alpha value is -2.49. The number of carbonyl (C=O) groups excluding carboxylic acids is 2. The topological polar surface area (TPSA) is 84.0 Å². The second kappa shape index (κ2) is 10.4. The molecular formula is C25H34N4O4S. The summed E-state index contributed by atoms with van der Waals surface area (Å²) in [5.74, 6) is -0.153. The molecule has 2 saturated heterocycles. The third-order valence-corrected chi connectivity index (χ3v) is 7.25. The summed E-state index contributed by atoms with van der Waals surface area (Å²) in [4.78, 5) is 34.1. The Balaban J connectivity index is 1.36. The number of nitrogens with one attached hydrogen (secondary N) is 1. The maximum atomic E-state index is 13.0. The third-order valence-electron chi connectivity index (χ3n) is 6.42. The SMILES string of the molecule is CC(C)c1ccc(NC(=O)N(Cc2nc(C(=O)N3CCC4(CC3)OCCO4)cs2)C(C)C)cc1. The van der Waals surface area contributed by atoms with Crippen LogP contribution >= 0.6 is 11.3 Å². The molecule has 0 unspecified atom stereocenters. The van der Waals surface area contributed by atoms with Crippen LogP contribution in [0.1, 0.15) is 67.5 Å². The number of nitrogens with zero attached hydrogens (tertiary/aromatic N) is 3. The van der Waals surface area contributed by atoms with Crippen LogP contribution in [0.4, 0.5) is 10.5 Å². The third kappa shape index (κ3) is 5.59. The molecule has 2 aromatic rings. The van der Waals surface area contributed by atoms with Crippen molar-refractivity contribution in [2.24, 2.45) is 0 Å². The van der Waals surface area contributed by atoms with Gasteiger partial charge < -0.3 is 24.6 Å². The first-order valence-corrected chi connectivity index (χ1v) is 12.8. The van der Waals surface area contributed by atoms with E-state index in [9.17, 15) is 9.59 Å². The number of hydrogen-bond donors (Lipinski definition) is 1. The highest BCUT2D eigenvalue weighted by atomic mass is 32.1. The zero-order valence-corrected chi connectivity index (χ0v) is 21.2. The molecule has 2 aliphatic rings. The summed E-state index contributed by atoms with van der Waals surface area (Å²) in [5.41, 5.74) is 2.41. The summed E-state index contributed by atoms with van der Waals surface area (Å²) < 4.78 is 11.5. The van der Waals surface area contributed by atoms with E-state index in [0.717, 1.165) is 10.7 Å². The van der Waals surface area contributed by atoms with Crippen LogP contribution in [-0.4, -0.2) is 64.9 Å². The van der Waals surface area contributed by atoms with Gasteiger partial charge in [0.05, 0.1) is 19.8 Å². The Bertz CT molecular complexity index is 989. The van der Waals surface area contributed by atoms with Crippen molar-refractivity contribution < 1.29 is 19.1 Å². The van der Waals surface area contributed by atoms with Crippen molar-refractivity contribution in [2.75, 3.05) is 31.6 Å². The first-order valence-electron chi connectivity index (χ1n) is 12.0. The second-order valence-electron chi connectivity index (χ2n) is 9.45. The number of thiazole rings is 1. The lowest BCUT2D eigenvalue weighted by molar-refractivity contribution is -0.181. The first kappa shape index (κ1) is 24.6. The first-order chi connectivity index (χ1) is 16.3. The molecule has 3 heterocycles. The number of hydrogen-bond acceptors (Lipinski definition) is 6. The van der Waals surface area contributed by atoms with Gasteiger partial charge in [0.1, 0.15) is 10.7 Å². The molecule has 1 spiro atoms. The predicted molar refractivity (Wildman–Crippen MR) is 132 cm³/mol. The van der Waals surface area contributed by atoms with Crippen molar-refractivity contribution in [2.45, 2.75) is 64.8 Å². The number of amides is 3. The average Bonchev–Trinajstić information content (AvgIpc) is 3.47. The predicted octanol–water partition coefficient (Wildman–Crippen LogP) is 4.69. The fraction of sp³-hybridized carbons (Fsp3) is 0.560. The number of benzene rings is 1. The van der Waals surface area contributed by atoms with E-state index < -0.39 is 5.79 Å². The molecule has 2 aliphatic heterocycles. The molecule has 1 aromatic heterocycles. The summed E-state index contributed by atoms with van der Waals surface area (Å²) >= 11 is 1.41. The minimum atomic E-state index is -0.510. The van der Waals surface area contributed by atoms with Gasteiger partial charge in [0, 0.05) is 43.0 Å². The van der Waals surface area contributed by atoms with Crippen LogP contribution in [0.5, 0.6) is 0 Å². The molecule has 0 bridgehead atoms. The number of aromatic nitrogens is 1. The highest BCUT2D eigenvalue weighted by Gasteiger charge is 2.41. The average molecular weight is 487 g/mol. The summed E-state index contributed by atoms with van der Waals surface area (Å²) in [5, 5.41) is 5.50. The molecule has 9 heteroatoms. The quantitative estimate of drug-likeness (QED) is 0.641. The highest BCUT2D eigenvalue weighted by Crippen LogP contribution is 2.32. The van der Waals surface area contributed by atoms with E-state index in [4.69, 9.17) is 9.47 Å². The molecule has 0 radical (unpaired) electrons. The fourth-order valence-corrected chi connectivity index (χ4v) is 5.03. The van der Waals surface area contributed by atoms with Crippen LogP contribution in [0.15, 0.2) is 29.6 Å². The standard InChI is InChI=1S/C25H34N4O4S/c1-17(2)19-5-7-20(8-6-19)26-24(31)29(18(3)4)15-22-27-21(16-34-22)23(30)28-11-9-25(10-12-28)32-13-14-33-25/h5-8,16-18H,9-15H2,1-4H3,(H,26,31). The largest absolute Gasteiger partial charge is 0.347 e. The van der Waals surface area contributed by atoms with Gasteiger partial charge in [-0.1, -0.05) is 26.0 Å². The van der Waals surface area contributed by atoms with Gasteiger partial charge in [0.2, 0.25) is 0 Å². The second-order valence-corrected chi connectivity index (χ2v) is 10.4. The van der Waals surface area contributed by atoms with Crippen LogP contribution in [0.3, 0.4) is 0 Å². The smallest absolute Gasteiger partial charge is 0.322 e. The number of rotatable bonds is 6. The van der Waals surface area contributed by atoms with E-state index in [2.05, 4.69) is 24.1 Å². The van der Waals surface area contributed by atoms with Crippen molar-refractivity contribution in [3.63, 3.8) is 0 Å². The number of urea groups is 1. The minimum Gasteiger partial charge on any atom is -0.347 e. The van der Waals surface area contributed by atoms with Gasteiger partial charge in [-0.2, -0.15) is 0 Å². The zero-order valence-electron chi connectivity index (χ0n) is 20.4. The van der Waals surface area contributed by atoms with Crippen molar-refractivity contribution in [1.82, 2.24) is 14.8 Å². The van der Waals surface area contributed by atoms with Crippen LogP contribution in [-0.2, 0) is 16.0 Å². The van der Waals surface area contributed by atoms with E-state index in [1.165, 1.54) is 16.9 Å². The fourth-order valence-electron chi connectivity index (χ4n) is 4.26. The number of carbonyl (C=O) groups is 2. The maximum Gasteiger partial charge on any atom is 0.322 e. The molecular weight excluding hydrogens is 452 g/mol. The summed E-state index contributed by atoms with van der Waals surface area (Å²) in [7, 11) is 0. The van der Waals surface area contributed by atoms with E-state index in [1.54, 1.807) is 10.3 Å². The molecule has 184 valence electrons. The molecule has 0 saturated carbocycles. The van der Waals surface area contributed by atoms with Crippen LogP contribution in [0, 0.1) is 0 Å². The van der Waals surface area contributed by atoms with E-state index >= 15 is 0 Å². The lowest BCUT2D eigenvalue weighted by Gasteiger charge is -2.37. The molecule has 3 amide bonds. The molecule has 34 heavy (non-hydrogen) atoms. The summed E-state index contributed by atoms with van der Waals surface area (Å²) in [6, 6.07) is 7.71. The van der Waals surface area contributed by atoms with Crippen LogP contribution < -0.4 is 5.32 Å². The van der Waals surface area contributed by atoms with Crippen molar-refractivity contribution in [3.8, 4) is 0 Å². The van der Waals surface area contributed by atoms with Gasteiger partial charge in [-0.05, 0) is 37.5 Å². The molecule has 0 aliphatic carbocycles. The monoisotopic (exact) mass is 486 g/mol. The lowest BCUT2D eigenvalue weighted by atomic mass is 10.0. The molecule has 1 N–H and O–H groups in total. The number of piperidine rings is 1. The Morgan fingerprint density at radius 2 is 1.76 bits per heavy atom. The molecule has 0 atom stereocenters. The van der Waals surface area contributed by atoms with Gasteiger partial charge in [-0.3, -0.25) is 4.79 Å². The van der Waals surface area contributed by atoms with Gasteiger partial charge in [-0.15, -0.1) is 11.3 Å². The highest BCUT2D eigenvalue weighted by molar-refractivity contribution is 7.09. The summed E-state index contributed by atoms with van der Waals surface area (Å²) in [6.07, 6.45) is 1.35. The zero-order chi connectivity index (χ0) is 24.3. The molecule has 8 nitrogen and oxygen atoms in total. The van der Waals surface area contributed by atoms with Crippen molar-refractivity contribution in [1.29, 1.82) is 0 Å². The van der Waals surface area contributed by atoms with Gasteiger partial charge in [-0.25, -0.2) is 9.78 Å². The van der Waals surface area contributed by atoms with Gasteiger partial charge in [0.25, 0.3) is 5.91 Å². The van der Waals surface area contributed by atoms with Gasteiger partial charge >= 0.3 is 6.03 Å². The number of likely N-dealkylation sites (tertiary alicyclic amines) is 1. The molecule has 4 rings (SSSR count). The van der Waals surface area contributed by atoms with Gasteiger partial charge in [0.15, 0.2) is 5.79 Å². The minimum absolute atomic E-state index is 0.0253. The molecule has 2 fully saturated rings. The van der Waals surface area contributed by atoms with Crippen LogP contribution in [0.2, 0.25) is 0 Å². The van der Waals surface area contributed by atoms with Crippen LogP contribution in [0.25, 0.3) is 0 Å². The molecule has 1 aromatic carbocycles. The Labute approximate surface area is 205 Å². The van der Waals surface area contributed by atoms with E-state index in [0.29, 0.717) is 57.3 Å². The maximum absolute atomic E-state index is 13.0. The van der Waals surface area contributed by atoms with E-state index in [1.807, 2.05) is 43.0 Å². The normalized spacial score (nSPS) is 17.5. The lowest BCUT2D eigenvalue weighted by Crippen LogP contribution is -2.47. The Kier molecular flexibility index (Phi) is 7.54.